The van der Waals surface area contributed by atoms with E-state index in [9.17, 15) is 14.0 Å². The Morgan fingerprint density at radius 3 is 2.54 bits per heavy atom. The number of anilines is 1. The number of halogens is 1. The van der Waals surface area contributed by atoms with Crippen molar-refractivity contribution in [2.75, 3.05) is 19.0 Å². The molecule has 0 saturated carbocycles. The molecule has 0 fully saturated rings. The third-order valence-corrected chi connectivity index (χ3v) is 4.36. The van der Waals surface area contributed by atoms with E-state index in [-0.39, 0.29) is 11.8 Å². The molecule has 1 aromatic carbocycles. The molecule has 1 aliphatic heterocycles. The summed E-state index contributed by atoms with van der Waals surface area (Å²) in [5, 5.41) is 2.60. The highest BCUT2D eigenvalue weighted by atomic mass is 19.1. The summed E-state index contributed by atoms with van der Waals surface area (Å²) >= 11 is 0. The number of nitrogens with one attached hydrogen (secondary N) is 2. The van der Waals surface area contributed by atoms with Crippen molar-refractivity contribution in [2.45, 2.75) is 27.7 Å². The van der Waals surface area contributed by atoms with Crippen LogP contribution in [-0.2, 0) is 4.79 Å². The van der Waals surface area contributed by atoms with Crippen molar-refractivity contribution in [3.63, 3.8) is 0 Å². The summed E-state index contributed by atoms with van der Waals surface area (Å²) in [7, 11) is 3.23. The summed E-state index contributed by atoms with van der Waals surface area (Å²) in [5.74, 6) is -0.788. The third-order valence-electron chi connectivity index (χ3n) is 4.36. The molecule has 0 spiro atoms. The van der Waals surface area contributed by atoms with Gasteiger partial charge in [0, 0.05) is 31.0 Å². The van der Waals surface area contributed by atoms with Crippen LogP contribution in [0.25, 0.3) is 11.6 Å². The van der Waals surface area contributed by atoms with Crippen LogP contribution in [0.1, 0.15) is 46.7 Å². The van der Waals surface area contributed by atoms with Crippen molar-refractivity contribution in [3.05, 3.63) is 52.1 Å². The van der Waals surface area contributed by atoms with Gasteiger partial charge in [-0.25, -0.2) is 4.39 Å². The predicted molar refractivity (Wildman–Crippen MR) is 103 cm³/mol. The molecule has 0 aliphatic carbocycles. The molecule has 2 heterocycles. The average Bonchev–Trinajstić information content (AvgIpc) is 3.04. The van der Waals surface area contributed by atoms with E-state index in [0.29, 0.717) is 28.1 Å². The van der Waals surface area contributed by atoms with Crippen LogP contribution in [-0.4, -0.2) is 30.9 Å². The van der Waals surface area contributed by atoms with E-state index in [1.54, 1.807) is 33.2 Å². The molecule has 2 amide bonds. The van der Waals surface area contributed by atoms with Gasteiger partial charge in [0.25, 0.3) is 11.8 Å². The number of carbonyl (C=O) groups excluding carboxylic acids is 2. The number of nitrogens with zero attached hydrogens (tertiary/aromatic N) is 1. The monoisotopic (exact) mass is 357 g/mol. The molecule has 5 nitrogen and oxygen atoms in total. The summed E-state index contributed by atoms with van der Waals surface area (Å²) in [6.07, 6.45) is 1.68. The zero-order chi connectivity index (χ0) is 19.6. The number of rotatable bonds is 2. The number of likely N-dealkylation sites (N-methyl/N-ethyl adjacent to an activating group) is 1. The highest BCUT2D eigenvalue weighted by Crippen LogP contribution is 2.37. The van der Waals surface area contributed by atoms with E-state index in [1.807, 2.05) is 20.8 Å². The normalized spacial score (nSPS) is 14.2. The molecule has 6 heteroatoms. The Bertz CT molecular complexity index is 897. The molecule has 2 aromatic rings. The van der Waals surface area contributed by atoms with Gasteiger partial charge < -0.3 is 15.2 Å². The molecular weight excluding hydrogens is 333 g/mol. The lowest BCUT2D eigenvalue weighted by atomic mass is 10.0. The SMILES string of the molecule is CC.CNC(=O)c1c(C)[nH]c(/C=C2\C(=O)N(C)c3ccc(F)cc32)c1C. The quantitative estimate of drug-likeness (QED) is 0.806. The first-order valence-corrected chi connectivity index (χ1v) is 8.56. The van der Waals surface area contributed by atoms with Crippen molar-refractivity contribution in [1.29, 1.82) is 0 Å². The minimum absolute atomic E-state index is 0.188. The molecule has 0 unspecified atom stereocenters. The number of aryl methyl sites for hydroxylation is 1. The summed E-state index contributed by atoms with van der Waals surface area (Å²) in [6.45, 7) is 7.62. The Morgan fingerprint density at radius 1 is 1.27 bits per heavy atom. The minimum Gasteiger partial charge on any atom is -0.358 e. The van der Waals surface area contributed by atoms with E-state index in [2.05, 4.69) is 10.3 Å². The Balaban J connectivity index is 0.00000117. The van der Waals surface area contributed by atoms with E-state index in [1.165, 1.54) is 17.0 Å². The van der Waals surface area contributed by atoms with Crippen LogP contribution in [0.3, 0.4) is 0 Å². The van der Waals surface area contributed by atoms with Crippen LogP contribution in [0.4, 0.5) is 10.1 Å². The molecule has 0 bridgehead atoms. The maximum Gasteiger partial charge on any atom is 0.258 e. The highest BCUT2D eigenvalue weighted by Gasteiger charge is 2.30. The van der Waals surface area contributed by atoms with E-state index in [4.69, 9.17) is 0 Å². The molecule has 26 heavy (non-hydrogen) atoms. The van der Waals surface area contributed by atoms with E-state index < -0.39 is 5.82 Å². The lowest BCUT2D eigenvalue weighted by Crippen LogP contribution is -2.20. The van der Waals surface area contributed by atoms with Crippen LogP contribution >= 0.6 is 0 Å². The first kappa shape index (κ1) is 19.4. The van der Waals surface area contributed by atoms with Crippen LogP contribution < -0.4 is 10.2 Å². The van der Waals surface area contributed by atoms with Crippen molar-refractivity contribution < 1.29 is 14.0 Å². The molecule has 138 valence electrons. The number of benzene rings is 1. The van der Waals surface area contributed by atoms with Gasteiger partial charge in [0.15, 0.2) is 0 Å². The molecule has 0 saturated heterocycles. The molecule has 1 aromatic heterocycles. The standard InChI is InChI=1S/C18H18FN3O2.C2H6/c1-9-14(21-10(2)16(9)17(23)20-3)8-13-12-7-11(19)5-6-15(12)22(4)18(13)24;1-2/h5-8,21H,1-4H3,(H,20,23);1-2H3/b13-8-;. The number of carbonyl (C=O) groups is 2. The lowest BCUT2D eigenvalue weighted by Gasteiger charge is -2.08. The highest BCUT2D eigenvalue weighted by molar-refractivity contribution is 6.35. The maximum atomic E-state index is 13.6. The zero-order valence-corrected chi connectivity index (χ0v) is 16.0. The van der Waals surface area contributed by atoms with Gasteiger partial charge in [0.05, 0.1) is 16.8 Å². The maximum absolute atomic E-state index is 13.6. The van der Waals surface area contributed by atoms with Gasteiger partial charge in [-0.05, 0) is 43.7 Å². The van der Waals surface area contributed by atoms with Crippen LogP contribution in [0.5, 0.6) is 0 Å². The molecule has 2 N–H and O–H groups in total. The Morgan fingerprint density at radius 2 is 1.92 bits per heavy atom. The van der Waals surface area contributed by atoms with E-state index >= 15 is 0 Å². The van der Waals surface area contributed by atoms with Crippen LogP contribution in [0.15, 0.2) is 18.2 Å². The number of hydrogen-bond donors (Lipinski definition) is 2. The van der Waals surface area contributed by atoms with Crippen molar-refractivity contribution in [1.82, 2.24) is 10.3 Å². The first-order valence-electron chi connectivity index (χ1n) is 8.56. The topological polar surface area (TPSA) is 65.2 Å². The van der Waals surface area contributed by atoms with Crippen molar-refractivity contribution in [3.8, 4) is 0 Å². The number of aromatic nitrogens is 1. The largest absolute Gasteiger partial charge is 0.358 e. The molecule has 1 aliphatic rings. The smallest absolute Gasteiger partial charge is 0.258 e. The Labute approximate surface area is 152 Å². The van der Waals surface area contributed by atoms with E-state index in [0.717, 1.165) is 11.3 Å². The predicted octanol–water partition coefficient (Wildman–Crippen LogP) is 3.67. The van der Waals surface area contributed by atoms with Gasteiger partial charge in [0.2, 0.25) is 0 Å². The fourth-order valence-corrected chi connectivity index (χ4v) is 3.09. The summed E-state index contributed by atoms with van der Waals surface area (Å²) in [5.41, 5.74) is 4.31. The van der Waals surface area contributed by atoms with Gasteiger partial charge >= 0.3 is 0 Å². The van der Waals surface area contributed by atoms with Gasteiger partial charge in [-0.2, -0.15) is 0 Å². The Kier molecular flexibility index (Phi) is 5.65. The zero-order valence-electron chi connectivity index (χ0n) is 16.0. The second-order valence-electron chi connectivity index (χ2n) is 5.83. The van der Waals surface area contributed by atoms with Crippen molar-refractivity contribution in [2.24, 2.45) is 0 Å². The molecule has 3 rings (SSSR count). The van der Waals surface area contributed by atoms with Gasteiger partial charge in [-0.15, -0.1) is 0 Å². The molecule has 0 atom stereocenters. The average molecular weight is 357 g/mol. The fraction of sp³-hybridized carbons (Fsp3) is 0.300. The summed E-state index contributed by atoms with van der Waals surface area (Å²) < 4.78 is 13.6. The molecule has 0 radical (unpaired) electrons. The van der Waals surface area contributed by atoms with Gasteiger partial charge in [-0.1, -0.05) is 13.8 Å². The Hall–Kier alpha value is -2.89. The fourth-order valence-electron chi connectivity index (χ4n) is 3.09. The van der Waals surface area contributed by atoms with Gasteiger partial charge in [0.1, 0.15) is 5.82 Å². The van der Waals surface area contributed by atoms with Crippen LogP contribution in [0, 0.1) is 19.7 Å². The number of hydrogen-bond acceptors (Lipinski definition) is 2. The number of H-pyrrole nitrogens is 1. The summed E-state index contributed by atoms with van der Waals surface area (Å²) in [6, 6.07) is 4.28. The second-order valence-corrected chi connectivity index (χ2v) is 5.83. The molecular formula is C20H24FN3O2. The van der Waals surface area contributed by atoms with Gasteiger partial charge in [-0.3, -0.25) is 9.59 Å². The third kappa shape index (κ3) is 3.14. The lowest BCUT2D eigenvalue weighted by molar-refractivity contribution is -0.112. The number of aromatic amines is 1. The number of amides is 2. The van der Waals surface area contributed by atoms with Crippen molar-refractivity contribution >= 4 is 29.2 Å². The minimum atomic E-state index is -0.395. The second kappa shape index (κ2) is 7.56. The van der Waals surface area contributed by atoms with Crippen LogP contribution in [0.2, 0.25) is 0 Å². The first-order chi connectivity index (χ1) is 12.3. The number of fused-ring (bicyclic) bond motifs is 1. The summed E-state index contributed by atoms with van der Waals surface area (Å²) in [4.78, 5) is 29.1.